The third-order valence-electron chi connectivity index (χ3n) is 17.3. The molecule has 0 saturated carbocycles. The van der Waals surface area contributed by atoms with Gasteiger partial charge in [-0.05, 0) is 64.2 Å². The molecule has 0 aromatic carbocycles. The molecule has 0 fully saturated rings. The third kappa shape index (κ3) is 71.4. The van der Waals surface area contributed by atoms with Crippen molar-refractivity contribution in [3.05, 3.63) is 48.6 Å². The predicted octanol–water partition coefficient (Wildman–Crippen LogP) is 22.9. The number of ether oxygens (including phenoxy) is 4. The molecular weight excluding hydrogens is 1280 g/mol. The van der Waals surface area contributed by atoms with Crippen molar-refractivity contribution in [3.8, 4) is 0 Å². The fourth-order valence-electron chi connectivity index (χ4n) is 11.2. The minimum atomic E-state index is -4.98. The van der Waals surface area contributed by atoms with E-state index in [2.05, 4.69) is 64.2 Å². The average Bonchev–Trinajstić information content (AvgIpc) is 1.02. The second-order valence-corrected chi connectivity index (χ2v) is 29.9. The molecule has 0 aliphatic rings. The molecule has 3 N–H and O–H groups in total. The number of esters is 4. The Balaban J connectivity index is 5.34. The SMILES string of the molecule is CCCCC/C=C\C/C=C\C/C=C\C/C=C\CCCC(=O)O[C@H](COC(=O)CCCCCCCCCCCCCCC)COP(=O)(O)OC[C@H](O)COP(=O)(O)OC[C@@H](COC(=O)CCCCCCCCCCCCCCCCC)OC(=O)CCCCCCCCCCCCCCC. The summed E-state index contributed by atoms with van der Waals surface area (Å²) in [6, 6.07) is 0. The Labute approximate surface area is 597 Å². The summed E-state index contributed by atoms with van der Waals surface area (Å²) in [6.07, 6.45) is 69.5. The summed E-state index contributed by atoms with van der Waals surface area (Å²) in [4.78, 5) is 72.9. The highest BCUT2D eigenvalue weighted by atomic mass is 31.2. The van der Waals surface area contributed by atoms with E-state index in [-0.39, 0.29) is 25.7 Å². The summed E-state index contributed by atoms with van der Waals surface area (Å²) in [5.41, 5.74) is 0. The first-order chi connectivity index (χ1) is 47.7. The zero-order chi connectivity index (χ0) is 71.8. The molecule has 0 heterocycles. The van der Waals surface area contributed by atoms with Gasteiger partial charge in [-0.15, -0.1) is 0 Å². The van der Waals surface area contributed by atoms with Gasteiger partial charge in [-0.1, -0.05) is 333 Å². The topological polar surface area (TPSA) is 237 Å². The number of aliphatic hydroxyl groups excluding tert-OH is 1. The molecule has 0 spiro atoms. The van der Waals surface area contributed by atoms with Crippen molar-refractivity contribution in [1.29, 1.82) is 0 Å². The second-order valence-electron chi connectivity index (χ2n) is 27.0. The summed E-state index contributed by atoms with van der Waals surface area (Å²) in [5, 5.41) is 10.6. The van der Waals surface area contributed by atoms with Crippen molar-refractivity contribution >= 4 is 39.5 Å². The molecule has 0 saturated heterocycles. The standard InChI is InChI=1S/C79H146O17P2/c1-5-9-13-17-21-25-29-33-35-36-38-42-46-50-54-58-62-66-79(84)96-75(69-89-76(81)63-59-55-51-47-43-39-31-27-23-19-15-11-7-3)72-94-98(87,88)92-68-73(80)67-91-97(85,86)93-71-74(95-78(83)65-61-57-53-49-45-40-32-28-24-20-16-12-8-4)70-90-77(82)64-60-56-52-48-44-41-37-34-30-26-22-18-14-10-6-2/h21,25,33,35,38,42,50,54,73-75,80H,5-20,22-24,26-32,34,36-37,39-41,43-49,51-53,55-72H2,1-4H3,(H,85,86)(H,87,88)/b25-21-,35-33-,42-38-,54-50-/t73-,74-,75-/m1/s1. The molecule has 0 rings (SSSR count). The van der Waals surface area contributed by atoms with Crippen LogP contribution < -0.4 is 0 Å². The average molecular weight is 1430 g/mol. The number of carbonyl (C=O) groups is 4. The minimum Gasteiger partial charge on any atom is -0.462 e. The van der Waals surface area contributed by atoms with Crippen LogP contribution in [0.1, 0.15) is 374 Å². The first-order valence-electron chi connectivity index (χ1n) is 39.9. The number of allylic oxidation sites excluding steroid dienone is 8. The van der Waals surface area contributed by atoms with Crippen LogP contribution in [-0.2, 0) is 65.4 Å². The molecule has 17 nitrogen and oxygen atoms in total. The van der Waals surface area contributed by atoms with Crippen LogP contribution in [-0.4, -0.2) is 96.7 Å². The van der Waals surface area contributed by atoms with Crippen LogP contribution in [0.5, 0.6) is 0 Å². The van der Waals surface area contributed by atoms with Gasteiger partial charge in [0.2, 0.25) is 0 Å². The Morgan fingerprint density at radius 1 is 0.286 bits per heavy atom. The Kier molecular flexibility index (Phi) is 70.2. The molecule has 0 aliphatic heterocycles. The highest BCUT2D eigenvalue weighted by molar-refractivity contribution is 7.47. The Bertz CT molecular complexity index is 2050. The predicted molar refractivity (Wildman–Crippen MR) is 400 cm³/mol. The fraction of sp³-hybridized carbons (Fsp3) is 0.848. The largest absolute Gasteiger partial charge is 0.472 e. The summed E-state index contributed by atoms with van der Waals surface area (Å²) in [5.74, 6) is -2.20. The number of hydrogen-bond donors (Lipinski definition) is 3. The molecule has 574 valence electrons. The van der Waals surface area contributed by atoms with Crippen LogP contribution in [0.25, 0.3) is 0 Å². The maximum Gasteiger partial charge on any atom is 0.472 e. The van der Waals surface area contributed by atoms with Gasteiger partial charge in [-0.25, -0.2) is 9.13 Å². The van der Waals surface area contributed by atoms with E-state index in [1.54, 1.807) is 0 Å². The lowest BCUT2D eigenvalue weighted by atomic mass is 10.0. The lowest BCUT2D eigenvalue weighted by Crippen LogP contribution is -2.30. The van der Waals surface area contributed by atoms with Gasteiger partial charge in [0.1, 0.15) is 19.3 Å². The van der Waals surface area contributed by atoms with Crippen molar-refractivity contribution < 1.29 is 80.2 Å². The van der Waals surface area contributed by atoms with E-state index in [0.717, 1.165) is 89.9 Å². The molecule has 0 aromatic rings. The van der Waals surface area contributed by atoms with Gasteiger partial charge in [-0.2, -0.15) is 0 Å². The normalized spacial score (nSPS) is 14.2. The number of phosphoric ester groups is 2. The zero-order valence-corrected chi connectivity index (χ0v) is 64.5. The number of phosphoric acid groups is 2. The van der Waals surface area contributed by atoms with Gasteiger partial charge in [0, 0.05) is 25.7 Å². The molecule has 0 aliphatic carbocycles. The maximum atomic E-state index is 13.1. The van der Waals surface area contributed by atoms with Crippen LogP contribution in [0.4, 0.5) is 0 Å². The number of aliphatic hydroxyl groups is 1. The maximum absolute atomic E-state index is 13.1. The Hall–Kier alpha value is -2.98. The smallest absolute Gasteiger partial charge is 0.462 e. The van der Waals surface area contributed by atoms with Gasteiger partial charge in [-0.3, -0.25) is 37.3 Å². The van der Waals surface area contributed by atoms with E-state index >= 15 is 0 Å². The Morgan fingerprint density at radius 2 is 0.510 bits per heavy atom. The number of hydrogen-bond acceptors (Lipinski definition) is 15. The Morgan fingerprint density at radius 3 is 0.806 bits per heavy atom. The molecule has 5 atom stereocenters. The van der Waals surface area contributed by atoms with Crippen molar-refractivity contribution in [2.45, 2.75) is 393 Å². The van der Waals surface area contributed by atoms with E-state index in [0.29, 0.717) is 32.1 Å². The quantitative estimate of drug-likeness (QED) is 0.0169. The molecular formula is C79H146O17P2. The lowest BCUT2D eigenvalue weighted by Gasteiger charge is -2.21. The summed E-state index contributed by atoms with van der Waals surface area (Å²) in [6.45, 7) is 4.87. The van der Waals surface area contributed by atoms with E-state index in [4.69, 9.17) is 37.0 Å². The zero-order valence-electron chi connectivity index (χ0n) is 62.7. The molecule has 0 bridgehead atoms. The fourth-order valence-corrected chi connectivity index (χ4v) is 12.8. The van der Waals surface area contributed by atoms with Crippen molar-refractivity contribution in [3.63, 3.8) is 0 Å². The first-order valence-corrected chi connectivity index (χ1v) is 42.9. The molecule has 19 heteroatoms. The molecule has 2 unspecified atom stereocenters. The highest BCUT2D eigenvalue weighted by Gasteiger charge is 2.30. The summed E-state index contributed by atoms with van der Waals surface area (Å²) in [7, 11) is -9.95. The highest BCUT2D eigenvalue weighted by Crippen LogP contribution is 2.45. The van der Waals surface area contributed by atoms with Crippen molar-refractivity contribution in [2.24, 2.45) is 0 Å². The summed E-state index contributed by atoms with van der Waals surface area (Å²) < 4.78 is 68.5. The number of carbonyl (C=O) groups excluding carboxylic acids is 4. The van der Waals surface area contributed by atoms with Crippen molar-refractivity contribution in [2.75, 3.05) is 39.6 Å². The van der Waals surface area contributed by atoms with Crippen molar-refractivity contribution in [1.82, 2.24) is 0 Å². The van der Waals surface area contributed by atoms with E-state index in [9.17, 15) is 43.2 Å². The molecule has 0 aromatic heterocycles. The second kappa shape index (κ2) is 72.4. The van der Waals surface area contributed by atoms with Crippen LogP contribution >= 0.6 is 15.6 Å². The number of rotatable bonds is 76. The molecule has 0 radical (unpaired) electrons. The van der Waals surface area contributed by atoms with Gasteiger partial charge >= 0.3 is 39.5 Å². The lowest BCUT2D eigenvalue weighted by molar-refractivity contribution is -0.161. The third-order valence-corrected chi connectivity index (χ3v) is 19.2. The van der Waals surface area contributed by atoms with Crippen LogP contribution in [0.15, 0.2) is 48.6 Å². The monoisotopic (exact) mass is 1430 g/mol. The van der Waals surface area contributed by atoms with Gasteiger partial charge < -0.3 is 33.8 Å². The van der Waals surface area contributed by atoms with Crippen LogP contribution in [0.3, 0.4) is 0 Å². The van der Waals surface area contributed by atoms with Gasteiger partial charge in [0.15, 0.2) is 12.2 Å². The first kappa shape index (κ1) is 95.0. The molecule has 98 heavy (non-hydrogen) atoms. The van der Waals surface area contributed by atoms with E-state index in [1.807, 2.05) is 12.2 Å². The van der Waals surface area contributed by atoms with Crippen LogP contribution in [0.2, 0.25) is 0 Å². The van der Waals surface area contributed by atoms with E-state index in [1.165, 1.54) is 199 Å². The number of unbranched alkanes of at least 4 members (excludes halogenated alkanes) is 42. The van der Waals surface area contributed by atoms with Gasteiger partial charge in [0.05, 0.1) is 26.4 Å². The minimum absolute atomic E-state index is 0.0255. The van der Waals surface area contributed by atoms with Gasteiger partial charge in [0.25, 0.3) is 0 Å². The van der Waals surface area contributed by atoms with E-state index < -0.39 is 97.5 Å². The summed E-state index contributed by atoms with van der Waals surface area (Å²) >= 11 is 0. The molecule has 0 amide bonds. The van der Waals surface area contributed by atoms with Crippen LogP contribution in [0, 0.1) is 0 Å².